The quantitative estimate of drug-likeness (QED) is 0.770. The second-order valence-electron chi connectivity index (χ2n) is 5.70. The van der Waals surface area contributed by atoms with Gasteiger partial charge in [0, 0.05) is 17.6 Å². The second kappa shape index (κ2) is 6.40. The van der Waals surface area contributed by atoms with Gasteiger partial charge in [0.05, 0.1) is 13.2 Å². The minimum Gasteiger partial charge on any atom is -0.497 e. The van der Waals surface area contributed by atoms with E-state index in [-0.39, 0.29) is 11.8 Å². The Morgan fingerprint density at radius 1 is 1.35 bits per heavy atom. The van der Waals surface area contributed by atoms with Gasteiger partial charge >= 0.3 is 0 Å². The fourth-order valence-corrected chi connectivity index (χ4v) is 3.34. The molecule has 2 rings (SSSR count). The minimum atomic E-state index is -0.0501. The van der Waals surface area contributed by atoms with Crippen LogP contribution in [0.15, 0.2) is 24.3 Å². The number of methoxy groups -OCH3 is 1. The molecule has 20 heavy (non-hydrogen) atoms. The summed E-state index contributed by atoms with van der Waals surface area (Å²) in [7, 11) is 1.64. The van der Waals surface area contributed by atoms with E-state index in [4.69, 9.17) is 4.74 Å². The summed E-state index contributed by atoms with van der Waals surface area (Å²) in [4.78, 5) is 15.1. The first-order valence-corrected chi connectivity index (χ1v) is 7.54. The first-order valence-electron chi connectivity index (χ1n) is 7.54. The van der Waals surface area contributed by atoms with Gasteiger partial charge in [-0.1, -0.05) is 6.92 Å². The number of rotatable bonds is 5. The van der Waals surface area contributed by atoms with Crippen LogP contribution in [-0.4, -0.2) is 35.9 Å². The Morgan fingerprint density at radius 2 is 2.00 bits per heavy atom. The Hall–Kier alpha value is -1.35. The number of benzene rings is 1. The molecule has 0 radical (unpaired) electrons. The molecule has 1 fully saturated rings. The summed E-state index contributed by atoms with van der Waals surface area (Å²) >= 11 is 0. The van der Waals surface area contributed by atoms with E-state index in [1.807, 2.05) is 31.2 Å². The van der Waals surface area contributed by atoms with Gasteiger partial charge in [-0.05, 0) is 57.4 Å². The summed E-state index contributed by atoms with van der Waals surface area (Å²) in [6.07, 6.45) is 3.52. The summed E-state index contributed by atoms with van der Waals surface area (Å²) in [5.74, 6) is 0.995. The maximum Gasteiger partial charge on any atom is 0.179 e. The molecule has 1 saturated heterocycles. The van der Waals surface area contributed by atoms with Gasteiger partial charge in [-0.25, -0.2) is 0 Å². The summed E-state index contributed by atoms with van der Waals surface area (Å²) in [6.45, 7) is 6.48. The molecule has 1 aromatic rings. The molecule has 0 amide bonds. The highest BCUT2D eigenvalue weighted by molar-refractivity contribution is 6.00. The van der Waals surface area contributed by atoms with E-state index >= 15 is 0 Å². The zero-order chi connectivity index (χ0) is 14.7. The molecule has 110 valence electrons. The van der Waals surface area contributed by atoms with Gasteiger partial charge in [0.15, 0.2) is 5.78 Å². The normalized spacial score (nSPS) is 24.6. The van der Waals surface area contributed by atoms with Gasteiger partial charge in [0.25, 0.3) is 0 Å². The number of ketones is 1. The third-order valence-electron chi connectivity index (χ3n) is 4.52. The van der Waals surface area contributed by atoms with Crippen LogP contribution in [0.25, 0.3) is 0 Å². The molecule has 0 bridgehead atoms. The van der Waals surface area contributed by atoms with E-state index in [1.54, 1.807) is 7.11 Å². The zero-order valence-electron chi connectivity index (χ0n) is 12.9. The predicted molar refractivity (Wildman–Crippen MR) is 81.4 cm³/mol. The van der Waals surface area contributed by atoms with Crippen LogP contribution in [0, 0.1) is 0 Å². The van der Waals surface area contributed by atoms with E-state index in [0.717, 1.165) is 17.7 Å². The fraction of sp³-hybridized carbons (Fsp3) is 0.588. The molecule has 1 aliphatic rings. The third-order valence-corrected chi connectivity index (χ3v) is 4.52. The summed E-state index contributed by atoms with van der Waals surface area (Å²) in [5, 5.41) is 0. The number of hydrogen-bond donors (Lipinski definition) is 0. The maximum atomic E-state index is 12.7. The van der Waals surface area contributed by atoms with Crippen molar-refractivity contribution in [2.24, 2.45) is 0 Å². The Kier molecular flexibility index (Phi) is 4.81. The summed E-state index contributed by atoms with van der Waals surface area (Å²) in [6, 6.07) is 8.42. The van der Waals surface area contributed by atoms with Crippen molar-refractivity contribution in [3.63, 3.8) is 0 Å². The SMILES string of the molecule is CCC1CCC(C)N1C(C)C(=O)c1ccc(OC)cc1. The molecule has 1 aliphatic heterocycles. The van der Waals surface area contributed by atoms with Gasteiger partial charge < -0.3 is 4.74 Å². The average Bonchev–Trinajstić information content (AvgIpc) is 2.86. The molecule has 0 N–H and O–H groups in total. The van der Waals surface area contributed by atoms with Crippen molar-refractivity contribution in [2.75, 3.05) is 7.11 Å². The molecule has 3 heteroatoms. The van der Waals surface area contributed by atoms with Crippen LogP contribution < -0.4 is 4.74 Å². The zero-order valence-corrected chi connectivity index (χ0v) is 12.9. The molecular formula is C17H25NO2. The van der Waals surface area contributed by atoms with Gasteiger partial charge in [-0.15, -0.1) is 0 Å². The summed E-state index contributed by atoms with van der Waals surface area (Å²) < 4.78 is 5.14. The van der Waals surface area contributed by atoms with Crippen LogP contribution in [0.4, 0.5) is 0 Å². The number of ether oxygens (including phenoxy) is 1. The maximum absolute atomic E-state index is 12.7. The lowest BCUT2D eigenvalue weighted by molar-refractivity contribution is 0.0755. The van der Waals surface area contributed by atoms with Crippen LogP contribution in [0.2, 0.25) is 0 Å². The van der Waals surface area contributed by atoms with E-state index < -0.39 is 0 Å². The number of hydrogen-bond acceptors (Lipinski definition) is 3. The lowest BCUT2D eigenvalue weighted by Crippen LogP contribution is -2.45. The second-order valence-corrected chi connectivity index (χ2v) is 5.70. The van der Waals surface area contributed by atoms with E-state index in [0.29, 0.717) is 12.1 Å². The first kappa shape index (κ1) is 15.0. The van der Waals surface area contributed by atoms with E-state index in [2.05, 4.69) is 18.7 Å². The molecule has 0 saturated carbocycles. The fourth-order valence-electron chi connectivity index (χ4n) is 3.34. The standard InChI is InChI=1S/C17H25NO2/c1-5-15-9-6-12(2)18(15)13(3)17(19)14-7-10-16(20-4)11-8-14/h7-8,10-13,15H,5-6,9H2,1-4H3. The number of carbonyl (C=O) groups is 1. The van der Waals surface area contributed by atoms with Gasteiger partial charge in [-0.3, -0.25) is 9.69 Å². The van der Waals surface area contributed by atoms with Crippen molar-refractivity contribution in [2.45, 2.75) is 58.2 Å². The highest BCUT2D eigenvalue weighted by Crippen LogP contribution is 2.29. The third kappa shape index (κ3) is 2.88. The van der Waals surface area contributed by atoms with Crippen molar-refractivity contribution in [3.05, 3.63) is 29.8 Å². The van der Waals surface area contributed by atoms with Crippen molar-refractivity contribution < 1.29 is 9.53 Å². The lowest BCUT2D eigenvalue weighted by atomic mass is 10.0. The summed E-state index contributed by atoms with van der Waals surface area (Å²) in [5.41, 5.74) is 0.771. The number of Topliss-reactive ketones (excluding diaryl/α,β-unsaturated/α-hetero) is 1. The van der Waals surface area contributed by atoms with Crippen LogP contribution in [0.3, 0.4) is 0 Å². The highest BCUT2D eigenvalue weighted by atomic mass is 16.5. The smallest absolute Gasteiger partial charge is 0.179 e. The monoisotopic (exact) mass is 275 g/mol. The molecule has 1 aromatic carbocycles. The van der Waals surface area contributed by atoms with Crippen LogP contribution in [0.1, 0.15) is 50.4 Å². The van der Waals surface area contributed by atoms with Crippen LogP contribution in [0.5, 0.6) is 5.75 Å². The molecule has 3 unspecified atom stereocenters. The van der Waals surface area contributed by atoms with Crippen LogP contribution >= 0.6 is 0 Å². The van der Waals surface area contributed by atoms with E-state index in [9.17, 15) is 4.79 Å². The van der Waals surface area contributed by atoms with Crippen molar-refractivity contribution in [1.82, 2.24) is 4.90 Å². The average molecular weight is 275 g/mol. The molecular weight excluding hydrogens is 250 g/mol. The minimum absolute atomic E-state index is 0.0501. The number of likely N-dealkylation sites (tertiary alicyclic amines) is 1. The first-order chi connectivity index (χ1) is 9.58. The van der Waals surface area contributed by atoms with Crippen molar-refractivity contribution >= 4 is 5.78 Å². The number of carbonyl (C=O) groups excluding carboxylic acids is 1. The molecule has 3 atom stereocenters. The molecule has 0 aromatic heterocycles. The molecule has 0 aliphatic carbocycles. The molecule has 0 spiro atoms. The Balaban J connectivity index is 2.14. The Labute approximate surface area is 121 Å². The predicted octanol–water partition coefficient (Wildman–Crippen LogP) is 3.53. The Morgan fingerprint density at radius 3 is 2.55 bits per heavy atom. The van der Waals surface area contributed by atoms with Crippen molar-refractivity contribution in [1.29, 1.82) is 0 Å². The van der Waals surface area contributed by atoms with E-state index in [1.165, 1.54) is 12.8 Å². The van der Waals surface area contributed by atoms with Gasteiger partial charge in [-0.2, -0.15) is 0 Å². The number of nitrogens with zero attached hydrogens (tertiary/aromatic N) is 1. The lowest BCUT2D eigenvalue weighted by Gasteiger charge is -2.33. The van der Waals surface area contributed by atoms with Gasteiger partial charge in [0.1, 0.15) is 5.75 Å². The van der Waals surface area contributed by atoms with Gasteiger partial charge in [0.2, 0.25) is 0 Å². The van der Waals surface area contributed by atoms with Crippen LogP contribution in [-0.2, 0) is 0 Å². The largest absolute Gasteiger partial charge is 0.497 e. The molecule has 3 nitrogen and oxygen atoms in total. The molecule has 1 heterocycles. The Bertz CT molecular complexity index is 455. The topological polar surface area (TPSA) is 29.5 Å². The van der Waals surface area contributed by atoms with Crippen molar-refractivity contribution in [3.8, 4) is 5.75 Å². The highest BCUT2D eigenvalue weighted by Gasteiger charge is 2.35.